The Bertz CT molecular complexity index is 2590. The maximum atomic E-state index is 2.59. The average molecular weight is 654 g/mol. The van der Waals surface area contributed by atoms with Gasteiger partial charge in [0.15, 0.2) is 0 Å². The van der Waals surface area contributed by atoms with Crippen molar-refractivity contribution in [1.29, 1.82) is 0 Å². The fourth-order valence-corrected chi connectivity index (χ4v) is 12.1. The van der Waals surface area contributed by atoms with Gasteiger partial charge in [0.2, 0.25) is 0 Å². The summed E-state index contributed by atoms with van der Waals surface area (Å²) in [5.74, 6) is 3.39. The van der Waals surface area contributed by atoms with Gasteiger partial charge in [0.25, 0.3) is 0 Å². The first-order chi connectivity index (χ1) is 25.3. The van der Waals surface area contributed by atoms with Gasteiger partial charge in [-0.3, -0.25) is 0 Å². The molecule has 1 heteroatoms. The highest BCUT2D eigenvalue weighted by atomic mass is 15.1. The summed E-state index contributed by atoms with van der Waals surface area (Å²) in [6, 6.07) is 57.8. The first kappa shape index (κ1) is 28.3. The standard InChI is InChI=1S/C50H39N/c1-3-13-38-33(11-1)28-48(43-18-7-5-15-40(38)43)51(49-29-34-12-2-4-14-39(34)41-16-6-8-19-44(41)49)37-21-22-47-45(30-37)42-17-9-10-20-46(42)50(47)35-24-31-23-32(26-35)27-36(50)25-31/h1-22,28-32,35-36H,23-27H2. The molecule has 0 aliphatic heterocycles. The van der Waals surface area contributed by atoms with Crippen LogP contribution in [0.4, 0.5) is 17.1 Å². The van der Waals surface area contributed by atoms with Crippen LogP contribution in [0, 0.1) is 23.7 Å². The zero-order valence-electron chi connectivity index (χ0n) is 28.7. The molecule has 0 saturated heterocycles. The van der Waals surface area contributed by atoms with Gasteiger partial charge in [-0.25, -0.2) is 0 Å². The van der Waals surface area contributed by atoms with E-state index >= 15 is 0 Å². The summed E-state index contributed by atoms with van der Waals surface area (Å²) in [5.41, 5.74) is 9.97. The Labute approximate surface area is 299 Å². The van der Waals surface area contributed by atoms with Crippen molar-refractivity contribution in [2.75, 3.05) is 4.90 Å². The Morgan fingerprint density at radius 2 is 0.863 bits per heavy atom. The molecule has 5 aliphatic carbocycles. The van der Waals surface area contributed by atoms with Crippen LogP contribution in [0.15, 0.2) is 152 Å². The molecule has 4 bridgehead atoms. The molecular formula is C50H39N. The van der Waals surface area contributed by atoms with Crippen LogP contribution in [0.2, 0.25) is 0 Å². The zero-order valence-corrected chi connectivity index (χ0v) is 28.7. The third kappa shape index (κ3) is 3.77. The van der Waals surface area contributed by atoms with E-state index in [1.54, 1.807) is 11.1 Å². The minimum absolute atomic E-state index is 0.161. The van der Waals surface area contributed by atoms with Gasteiger partial charge in [-0.2, -0.15) is 0 Å². The summed E-state index contributed by atoms with van der Waals surface area (Å²) in [5, 5.41) is 10.2. The lowest BCUT2D eigenvalue weighted by Crippen LogP contribution is -2.55. The van der Waals surface area contributed by atoms with E-state index in [0.717, 1.165) is 23.7 Å². The highest BCUT2D eigenvalue weighted by Gasteiger charge is 2.61. The lowest BCUT2D eigenvalue weighted by Gasteiger charge is -2.61. The maximum Gasteiger partial charge on any atom is 0.0546 e. The highest BCUT2D eigenvalue weighted by molar-refractivity contribution is 6.18. The molecule has 1 spiro atoms. The van der Waals surface area contributed by atoms with E-state index in [-0.39, 0.29) is 5.41 Å². The van der Waals surface area contributed by atoms with Crippen molar-refractivity contribution in [3.63, 3.8) is 0 Å². The number of hydrogen-bond acceptors (Lipinski definition) is 1. The van der Waals surface area contributed by atoms with Crippen LogP contribution >= 0.6 is 0 Å². The van der Waals surface area contributed by atoms with Gasteiger partial charge in [-0.15, -0.1) is 0 Å². The molecule has 13 rings (SSSR count). The fourth-order valence-electron chi connectivity index (χ4n) is 12.1. The number of rotatable bonds is 3. The third-order valence-electron chi connectivity index (χ3n) is 13.8. The van der Waals surface area contributed by atoms with Crippen molar-refractivity contribution in [2.45, 2.75) is 37.5 Å². The molecule has 0 N–H and O–H groups in total. The summed E-state index contributed by atoms with van der Waals surface area (Å²) < 4.78 is 0. The van der Waals surface area contributed by atoms with Crippen LogP contribution in [-0.4, -0.2) is 0 Å². The van der Waals surface area contributed by atoms with E-state index in [1.807, 2.05) is 0 Å². The van der Waals surface area contributed by atoms with Gasteiger partial charge in [-0.1, -0.05) is 127 Å². The normalized spacial score (nSPS) is 24.2. The number of benzene rings is 8. The summed E-state index contributed by atoms with van der Waals surface area (Å²) in [4.78, 5) is 2.59. The van der Waals surface area contributed by atoms with Gasteiger partial charge in [0.1, 0.15) is 0 Å². The highest BCUT2D eigenvalue weighted by Crippen LogP contribution is 2.69. The Morgan fingerprint density at radius 3 is 1.45 bits per heavy atom. The first-order valence-electron chi connectivity index (χ1n) is 19.1. The fraction of sp³-hybridized carbons (Fsp3) is 0.200. The van der Waals surface area contributed by atoms with Crippen molar-refractivity contribution in [3.05, 3.63) is 163 Å². The number of anilines is 3. The predicted molar refractivity (Wildman–Crippen MR) is 214 cm³/mol. The minimum Gasteiger partial charge on any atom is -0.309 e. The average Bonchev–Trinajstić information content (AvgIpc) is 3.47. The van der Waals surface area contributed by atoms with E-state index in [0.29, 0.717) is 0 Å². The monoisotopic (exact) mass is 653 g/mol. The van der Waals surface area contributed by atoms with Crippen molar-refractivity contribution in [3.8, 4) is 11.1 Å². The molecule has 5 aliphatic rings. The van der Waals surface area contributed by atoms with Crippen LogP contribution in [0.1, 0.15) is 43.2 Å². The first-order valence-corrected chi connectivity index (χ1v) is 19.1. The van der Waals surface area contributed by atoms with Crippen LogP contribution < -0.4 is 4.90 Å². The molecule has 244 valence electrons. The topological polar surface area (TPSA) is 3.24 Å². The van der Waals surface area contributed by atoms with Crippen molar-refractivity contribution >= 4 is 60.2 Å². The molecule has 0 heterocycles. The van der Waals surface area contributed by atoms with E-state index in [9.17, 15) is 0 Å². The molecular weight excluding hydrogens is 615 g/mol. The molecule has 8 aromatic rings. The molecule has 0 unspecified atom stereocenters. The van der Waals surface area contributed by atoms with Crippen LogP contribution in [0.25, 0.3) is 54.2 Å². The van der Waals surface area contributed by atoms with E-state index in [1.165, 1.54) is 103 Å². The molecule has 0 radical (unpaired) electrons. The zero-order chi connectivity index (χ0) is 33.3. The Kier molecular flexibility index (Phi) is 5.73. The largest absolute Gasteiger partial charge is 0.309 e. The van der Waals surface area contributed by atoms with E-state index in [4.69, 9.17) is 0 Å². The molecule has 51 heavy (non-hydrogen) atoms. The summed E-state index contributed by atoms with van der Waals surface area (Å²) in [6.45, 7) is 0. The quantitative estimate of drug-likeness (QED) is 0.172. The molecule has 0 atom stereocenters. The molecule has 1 nitrogen and oxygen atoms in total. The van der Waals surface area contributed by atoms with Gasteiger partial charge in [0.05, 0.1) is 11.4 Å². The van der Waals surface area contributed by atoms with Crippen molar-refractivity contribution in [1.82, 2.24) is 0 Å². The van der Waals surface area contributed by atoms with Crippen LogP contribution in [0.5, 0.6) is 0 Å². The van der Waals surface area contributed by atoms with Crippen molar-refractivity contribution in [2.24, 2.45) is 23.7 Å². The molecule has 4 fully saturated rings. The summed E-state index contributed by atoms with van der Waals surface area (Å²) >= 11 is 0. The van der Waals surface area contributed by atoms with Crippen LogP contribution in [0.3, 0.4) is 0 Å². The minimum atomic E-state index is 0.161. The lowest BCUT2D eigenvalue weighted by atomic mass is 9.43. The van der Waals surface area contributed by atoms with Gasteiger partial charge >= 0.3 is 0 Å². The number of nitrogens with zero attached hydrogens (tertiary/aromatic N) is 1. The smallest absolute Gasteiger partial charge is 0.0546 e. The predicted octanol–water partition coefficient (Wildman–Crippen LogP) is 13.5. The van der Waals surface area contributed by atoms with E-state index in [2.05, 4.69) is 157 Å². The second-order valence-corrected chi connectivity index (χ2v) is 16.1. The summed E-state index contributed by atoms with van der Waals surface area (Å²) in [6.07, 6.45) is 7.09. The lowest BCUT2D eigenvalue weighted by molar-refractivity contribution is -0.0399. The summed E-state index contributed by atoms with van der Waals surface area (Å²) in [7, 11) is 0. The maximum absolute atomic E-state index is 2.59. The van der Waals surface area contributed by atoms with Gasteiger partial charge < -0.3 is 4.90 Å². The Morgan fingerprint density at radius 1 is 0.392 bits per heavy atom. The molecule has 8 aromatic carbocycles. The van der Waals surface area contributed by atoms with Crippen molar-refractivity contribution < 1.29 is 0 Å². The number of fused-ring (bicyclic) bond motifs is 9. The second kappa shape index (κ2) is 10.3. The Balaban J connectivity index is 1.17. The van der Waals surface area contributed by atoms with Gasteiger partial charge in [-0.05, 0) is 135 Å². The molecule has 0 amide bonds. The van der Waals surface area contributed by atoms with Gasteiger partial charge in [0, 0.05) is 21.9 Å². The molecule has 0 aromatic heterocycles. The SMILES string of the molecule is c1ccc2c(c1)-c1cc(N(c3cc4ccccc4c4ccccc34)c3cc4ccccc4c4ccccc34)ccc1C21C2CC3CC(C2)CC1C3. The second-order valence-electron chi connectivity index (χ2n) is 16.1. The van der Waals surface area contributed by atoms with Crippen LogP contribution in [-0.2, 0) is 5.41 Å². The third-order valence-corrected chi connectivity index (χ3v) is 13.8. The Hall–Kier alpha value is -5.40. The molecule has 4 saturated carbocycles. The van der Waals surface area contributed by atoms with E-state index < -0.39 is 0 Å². The number of hydrogen-bond donors (Lipinski definition) is 0.